The van der Waals surface area contributed by atoms with Crippen molar-refractivity contribution < 1.29 is 17.9 Å². The molecule has 0 atom stereocenters. The first-order valence-electron chi connectivity index (χ1n) is 10.5. The summed E-state index contributed by atoms with van der Waals surface area (Å²) in [5.74, 6) is 0.304. The lowest BCUT2D eigenvalue weighted by molar-refractivity contribution is -0.274. The molecule has 10 heteroatoms. The lowest BCUT2D eigenvalue weighted by Crippen LogP contribution is -2.35. The van der Waals surface area contributed by atoms with Crippen molar-refractivity contribution in [3.05, 3.63) is 87.3 Å². The third-order valence-corrected chi connectivity index (χ3v) is 6.40. The monoisotopic (exact) mass is 484 g/mol. The van der Waals surface area contributed by atoms with Gasteiger partial charge in [0, 0.05) is 37.8 Å². The Kier molecular flexibility index (Phi) is 5.93. The number of pyridine rings is 1. The van der Waals surface area contributed by atoms with Crippen molar-refractivity contribution in [2.45, 2.75) is 25.9 Å². The first kappa shape index (κ1) is 22.3. The van der Waals surface area contributed by atoms with Gasteiger partial charge < -0.3 is 9.72 Å². The summed E-state index contributed by atoms with van der Waals surface area (Å²) >= 11 is 1.53. The van der Waals surface area contributed by atoms with E-state index in [-0.39, 0.29) is 16.9 Å². The molecule has 4 aromatic rings. The van der Waals surface area contributed by atoms with E-state index >= 15 is 0 Å². The van der Waals surface area contributed by atoms with E-state index in [1.165, 1.54) is 29.5 Å². The lowest BCUT2D eigenvalue weighted by Gasteiger charge is -2.27. The number of rotatable bonds is 5. The van der Waals surface area contributed by atoms with Crippen LogP contribution in [0.4, 0.5) is 13.2 Å². The zero-order valence-electron chi connectivity index (χ0n) is 17.8. The van der Waals surface area contributed by atoms with Crippen molar-refractivity contribution in [2.24, 2.45) is 0 Å². The summed E-state index contributed by atoms with van der Waals surface area (Å²) in [5, 5.41) is 1.94. The highest BCUT2D eigenvalue weighted by atomic mass is 32.1. The van der Waals surface area contributed by atoms with Crippen LogP contribution in [0.15, 0.2) is 64.9 Å². The number of hydrogen-bond acceptors (Lipinski definition) is 6. The van der Waals surface area contributed by atoms with Crippen molar-refractivity contribution >= 4 is 11.3 Å². The van der Waals surface area contributed by atoms with E-state index in [0.717, 1.165) is 22.7 Å². The molecule has 174 valence electrons. The van der Waals surface area contributed by atoms with E-state index in [4.69, 9.17) is 0 Å². The molecule has 34 heavy (non-hydrogen) atoms. The van der Waals surface area contributed by atoms with Crippen LogP contribution >= 0.6 is 11.3 Å². The molecule has 0 saturated carbocycles. The third-order valence-electron chi connectivity index (χ3n) is 5.52. The summed E-state index contributed by atoms with van der Waals surface area (Å²) in [6.45, 7) is 1.75. The fourth-order valence-corrected chi connectivity index (χ4v) is 4.64. The zero-order valence-corrected chi connectivity index (χ0v) is 18.6. The Morgan fingerprint density at radius 2 is 1.97 bits per heavy atom. The van der Waals surface area contributed by atoms with Crippen LogP contribution in [0.1, 0.15) is 16.8 Å². The summed E-state index contributed by atoms with van der Waals surface area (Å²) in [6.07, 6.45) is -2.49. The Balaban J connectivity index is 1.30. The fourth-order valence-electron chi connectivity index (χ4n) is 3.97. The minimum absolute atomic E-state index is 0.132. The van der Waals surface area contributed by atoms with Gasteiger partial charge in [0.05, 0.1) is 21.8 Å². The fraction of sp³-hybridized carbons (Fsp3) is 0.208. The Bertz CT molecular complexity index is 1350. The summed E-state index contributed by atoms with van der Waals surface area (Å²) in [4.78, 5) is 27.6. The van der Waals surface area contributed by atoms with Crippen LogP contribution in [-0.4, -0.2) is 32.8 Å². The molecule has 0 amide bonds. The molecule has 1 aliphatic heterocycles. The first-order chi connectivity index (χ1) is 16.4. The molecule has 5 rings (SSSR count). The van der Waals surface area contributed by atoms with Crippen LogP contribution < -0.4 is 10.3 Å². The molecule has 4 heterocycles. The van der Waals surface area contributed by atoms with Crippen LogP contribution in [-0.2, 0) is 19.5 Å². The number of para-hydroxylation sites is 1. The minimum atomic E-state index is -4.78. The molecular formula is C24H19F3N4O2S. The van der Waals surface area contributed by atoms with Gasteiger partial charge in [0.2, 0.25) is 0 Å². The normalized spacial score (nSPS) is 14.1. The van der Waals surface area contributed by atoms with Gasteiger partial charge in [-0.25, -0.2) is 4.98 Å². The second kappa shape index (κ2) is 9.03. The molecule has 6 nitrogen and oxygen atoms in total. The maximum absolute atomic E-state index is 12.7. The number of thiophene rings is 1. The summed E-state index contributed by atoms with van der Waals surface area (Å²) < 4.78 is 42.3. The largest absolute Gasteiger partial charge is 0.573 e. The molecule has 1 N–H and O–H groups in total. The van der Waals surface area contributed by atoms with Gasteiger partial charge in [0.1, 0.15) is 5.75 Å². The van der Waals surface area contributed by atoms with Gasteiger partial charge in [-0.05, 0) is 35.2 Å². The van der Waals surface area contributed by atoms with Gasteiger partial charge in [0.25, 0.3) is 5.56 Å². The third kappa shape index (κ3) is 4.87. The van der Waals surface area contributed by atoms with Crippen LogP contribution in [0.2, 0.25) is 0 Å². The predicted molar refractivity (Wildman–Crippen MR) is 122 cm³/mol. The summed E-state index contributed by atoms with van der Waals surface area (Å²) in [6, 6.07) is 13.3. The number of benzene rings is 1. The maximum atomic E-state index is 12.7. The van der Waals surface area contributed by atoms with E-state index in [9.17, 15) is 18.0 Å². The van der Waals surface area contributed by atoms with Gasteiger partial charge in [-0.15, -0.1) is 24.5 Å². The number of hydrogen-bond donors (Lipinski definition) is 1. The Hall–Kier alpha value is -3.50. The summed E-state index contributed by atoms with van der Waals surface area (Å²) in [7, 11) is 0. The summed E-state index contributed by atoms with van der Waals surface area (Å²) in [5.41, 5.74) is 2.88. The SMILES string of the molecule is O=c1[nH]c(-c2cccs2)nc2c1CN(Cc1ccc(-c3ccccc3OC(F)(F)F)nc1)CC2. The standard InChI is InChI=1S/C24H19F3N4O2S/c25-24(26,27)33-20-5-2-1-4-16(20)18-8-7-15(12-28-18)13-31-10-9-19-17(14-31)23(32)30-22(29-19)21-6-3-11-34-21/h1-8,11-12H,9-10,13-14H2,(H,29,30,32). The average Bonchev–Trinajstić information content (AvgIpc) is 3.34. The van der Waals surface area contributed by atoms with E-state index in [0.29, 0.717) is 36.6 Å². The highest BCUT2D eigenvalue weighted by Crippen LogP contribution is 2.32. The van der Waals surface area contributed by atoms with Crippen molar-refractivity contribution in [2.75, 3.05) is 6.54 Å². The molecular weight excluding hydrogens is 465 g/mol. The van der Waals surface area contributed by atoms with Gasteiger partial charge in [0.15, 0.2) is 5.82 Å². The second-order valence-electron chi connectivity index (χ2n) is 7.87. The highest BCUT2D eigenvalue weighted by molar-refractivity contribution is 7.13. The van der Waals surface area contributed by atoms with Gasteiger partial charge in [-0.3, -0.25) is 14.7 Å². The van der Waals surface area contributed by atoms with E-state index < -0.39 is 6.36 Å². The van der Waals surface area contributed by atoms with Crippen LogP contribution in [0, 0.1) is 0 Å². The van der Waals surface area contributed by atoms with E-state index in [1.54, 1.807) is 18.3 Å². The number of ether oxygens (including phenoxy) is 1. The number of nitrogens with zero attached hydrogens (tertiary/aromatic N) is 3. The van der Waals surface area contributed by atoms with E-state index in [2.05, 4.69) is 24.6 Å². The number of halogens is 3. The lowest BCUT2D eigenvalue weighted by atomic mass is 10.1. The van der Waals surface area contributed by atoms with Crippen molar-refractivity contribution in [3.8, 4) is 27.7 Å². The second-order valence-corrected chi connectivity index (χ2v) is 8.82. The number of H-pyrrole nitrogens is 1. The molecule has 1 aliphatic rings. The van der Waals surface area contributed by atoms with Crippen molar-refractivity contribution in [1.29, 1.82) is 0 Å². The number of aromatic nitrogens is 3. The molecule has 0 spiro atoms. The molecule has 0 unspecified atom stereocenters. The number of fused-ring (bicyclic) bond motifs is 1. The maximum Gasteiger partial charge on any atom is 0.573 e. The molecule has 0 saturated heterocycles. The Labute approximate surface area is 196 Å². The quantitative estimate of drug-likeness (QED) is 0.431. The Morgan fingerprint density at radius 1 is 1.12 bits per heavy atom. The Morgan fingerprint density at radius 3 is 2.71 bits per heavy atom. The van der Waals surface area contributed by atoms with Crippen molar-refractivity contribution in [1.82, 2.24) is 19.9 Å². The zero-order chi connectivity index (χ0) is 23.7. The van der Waals surface area contributed by atoms with Gasteiger partial charge >= 0.3 is 6.36 Å². The molecule has 0 bridgehead atoms. The first-order valence-corrected chi connectivity index (χ1v) is 11.4. The van der Waals surface area contributed by atoms with E-state index in [1.807, 2.05) is 23.6 Å². The van der Waals surface area contributed by atoms with Crippen LogP contribution in [0.5, 0.6) is 5.75 Å². The number of nitrogens with one attached hydrogen (secondary N) is 1. The predicted octanol–water partition coefficient (Wildman–Crippen LogP) is 5.02. The molecule has 3 aromatic heterocycles. The molecule has 0 fully saturated rings. The molecule has 0 aliphatic carbocycles. The molecule has 0 radical (unpaired) electrons. The number of alkyl halides is 3. The number of aromatic amines is 1. The topological polar surface area (TPSA) is 71.1 Å². The van der Waals surface area contributed by atoms with Gasteiger partial charge in [-0.1, -0.05) is 24.3 Å². The average molecular weight is 485 g/mol. The highest BCUT2D eigenvalue weighted by Gasteiger charge is 2.32. The minimum Gasteiger partial charge on any atom is -0.405 e. The van der Waals surface area contributed by atoms with Gasteiger partial charge in [-0.2, -0.15) is 0 Å². The van der Waals surface area contributed by atoms with Crippen LogP contribution in [0.3, 0.4) is 0 Å². The van der Waals surface area contributed by atoms with Crippen LogP contribution in [0.25, 0.3) is 22.0 Å². The smallest absolute Gasteiger partial charge is 0.405 e. The van der Waals surface area contributed by atoms with Crippen molar-refractivity contribution in [3.63, 3.8) is 0 Å². The molecule has 1 aromatic carbocycles.